The van der Waals surface area contributed by atoms with Crippen molar-refractivity contribution in [3.8, 4) is 0 Å². The van der Waals surface area contributed by atoms with E-state index in [1.807, 2.05) is 0 Å². The molecule has 1 rings (SSSR count). The summed E-state index contributed by atoms with van der Waals surface area (Å²) in [5.41, 5.74) is 5.31. The van der Waals surface area contributed by atoms with Crippen molar-refractivity contribution in [1.82, 2.24) is 9.71 Å². The van der Waals surface area contributed by atoms with E-state index in [-0.39, 0.29) is 12.3 Å². The smallest absolute Gasteiger partial charge is 0.261 e. The van der Waals surface area contributed by atoms with Crippen molar-refractivity contribution >= 4 is 15.9 Å². The van der Waals surface area contributed by atoms with Crippen LogP contribution in [0, 0.1) is 5.82 Å². The SMILES string of the molecule is CCC(NS(=O)(=O)c1ncccc1F)/C(N)=N/O. The van der Waals surface area contributed by atoms with Gasteiger partial charge in [-0.2, -0.15) is 4.72 Å². The van der Waals surface area contributed by atoms with Gasteiger partial charge in [0.05, 0.1) is 6.04 Å². The van der Waals surface area contributed by atoms with Gasteiger partial charge in [-0.05, 0) is 18.6 Å². The maximum atomic E-state index is 13.3. The second-order valence-corrected chi connectivity index (χ2v) is 5.03. The predicted octanol–water partition coefficient (Wildman–Crippen LogP) is 0.0240. The number of hydrogen-bond donors (Lipinski definition) is 3. The van der Waals surface area contributed by atoms with Gasteiger partial charge in [-0.15, -0.1) is 0 Å². The van der Waals surface area contributed by atoms with Crippen LogP contribution in [0.15, 0.2) is 28.5 Å². The first-order valence-corrected chi connectivity index (χ1v) is 6.51. The van der Waals surface area contributed by atoms with Crippen LogP contribution in [0.5, 0.6) is 0 Å². The molecule has 0 spiro atoms. The van der Waals surface area contributed by atoms with Crippen molar-refractivity contribution in [3.05, 3.63) is 24.1 Å². The molecule has 100 valence electrons. The second kappa shape index (κ2) is 5.74. The quantitative estimate of drug-likeness (QED) is 0.303. The highest BCUT2D eigenvalue weighted by Gasteiger charge is 2.25. The zero-order valence-electron chi connectivity index (χ0n) is 9.54. The molecule has 4 N–H and O–H groups in total. The fourth-order valence-corrected chi connectivity index (χ4v) is 2.53. The highest BCUT2D eigenvalue weighted by molar-refractivity contribution is 7.89. The number of aromatic nitrogens is 1. The van der Waals surface area contributed by atoms with Gasteiger partial charge in [0, 0.05) is 6.20 Å². The third kappa shape index (κ3) is 3.14. The van der Waals surface area contributed by atoms with Gasteiger partial charge in [0.1, 0.15) is 0 Å². The van der Waals surface area contributed by atoms with E-state index in [2.05, 4.69) is 14.9 Å². The number of nitrogens with one attached hydrogen (secondary N) is 1. The maximum absolute atomic E-state index is 13.3. The average Bonchev–Trinajstić information content (AvgIpc) is 2.35. The minimum absolute atomic E-state index is 0.240. The van der Waals surface area contributed by atoms with Crippen LogP contribution in [0.3, 0.4) is 0 Å². The number of rotatable bonds is 5. The number of hydrogen-bond acceptors (Lipinski definition) is 5. The number of amidine groups is 1. The lowest BCUT2D eigenvalue weighted by atomic mass is 10.2. The molecule has 0 aliphatic heterocycles. The Kier molecular flexibility index (Phi) is 4.56. The molecule has 9 heteroatoms. The zero-order valence-corrected chi connectivity index (χ0v) is 10.4. The summed E-state index contributed by atoms with van der Waals surface area (Å²) in [6.07, 6.45) is 1.39. The Bertz CT molecular complexity index is 546. The minimum Gasteiger partial charge on any atom is -0.409 e. The van der Waals surface area contributed by atoms with E-state index in [0.29, 0.717) is 0 Å². The van der Waals surface area contributed by atoms with Crippen LogP contribution in [0.4, 0.5) is 4.39 Å². The van der Waals surface area contributed by atoms with Gasteiger partial charge in [-0.25, -0.2) is 17.8 Å². The van der Waals surface area contributed by atoms with Crippen LogP contribution >= 0.6 is 0 Å². The summed E-state index contributed by atoms with van der Waals surface area (Å²) in [4.78, 5) is 3.45. The summed E-state index contributed by atoms with van der Waals surface area (Å²) >= 11 is 0. The van der Waals surface area contributed by atoms with Gasteiger partial charge in [0.15, 0.2) is 11.7 Å². The molecule has 0 saturated heterocycles. The Balaban J connectivity index is 3.06. The van der Waals surface area contributed by atoms with Crippen molar-refractivity contribution in [1.29, 1.82) is 0 Å². The molecular weight excluding hydrogens is 263 g/mol. The summed E-state index contributed by atoms with van der Waals surface area (Å²) in [5.74, 6) is -1.28. The molecule has 1 aromatic heterocycles. The topological polar surface area (TPSA) is 118 Å². The number of sulfonamides is 1. The van der Waals surface area contributed by atoms with Gasteiger partial charge in [0.2, 0.25) is 5.03 Å². The highest BCUT2D eigenvalue weighted by Crippen LogP contribution is 2.11. The summed E-state index contributed by atoms with van der Waals surface area (Å²) in [6, 6.07) is 1.32. The van der Waals surface area contributed by atoms with Crippen molar-refractivity contribution < 1.29 is 18.0 Å². The molecule has 18 heavy (non-hydrogen) atoms. The van der Waals surface area contributed by atoms with E-state index >= 15 is 0 Å². The average molecular weight is 276 g/mol. The van der Waals surface area contributed by atoms with E-state index in [4.69, 9.17) is 10.9 Å². The summed E-state index contributed by atoms with van der Waals surface area (Å²) < 4.78 is 39.1. The monoisotopic (exact) mass is 276 g/mol. The van der Waals surface area contributed by atoms with Crippen molar-refractivity contribution in [2.24, 2.45) is 10.9 Å². The Morgan fingerprint density at radius 2 is 2.39 bits per heavy atom. The lowest BCUT2D eigenvalue weighted by molar-refractivity contribution is 0.315. The molecule has 0 radical (unpaired) electrons. The summed E-state index contributed by atoms with van der Waals surface area (Å²) in [6.45, 7) is 1.63. The van der Waals surface area contributed by atoms with E-state index in [9.17, 15) is 12.8 Å². The molecule has 0 saturated carbocycles. The number of oxime groups is 1. The molecule has 1 unspecified atom stereocenters. The lowest BCUT2D eigenvalue weighted by Crippen LogP contribution is -2.44. The number of nitrogens with zero attached hydrogens (tertiary/aromatic N) is 2. The molecule has 7 nitrogen and oxygen atoms in total. The largest absolute Gasteiger partial charge is 0.409 e. The molecule has 0 aromatic carbocycles. The molecule has 0 bridgehead atoms. The molecular formula is C9H13FN4O3S. The standard InChI is InChI=1S/C9H13FN4O3S/c1-2-7(8(11)13-15)14-18(16,17)9-6(10)4-3-5-12-9/h3-5,7,14-15H,2H2,1H3,(H2,11,13). The third-order valence-corrected chi connectivity index (χ3v) is 3.56. The van der Waals surface area contributed by atoms with Crippen molar-refractivity contribution in [2.75, 3.05) is 0 Å². The molecule has 1 heterocycles. The first-order chi connectivity index (χ1) is 8.42. The van der Waals surface area contributed by atoms with E-state index < -0.39 is 26.9 Å². The number of halogens is 1. The molecule has 1 atom stereocenters. The highest BCUT2D eigenvalue weighted by atomic mass is 32.2. The number of pyridine rings is 1. The second-order valence-electron chi connectivity index (χ2n) is 3.40. The van der Waals surface area contributed by atoms with Crippen LogP contribution in [-0.2, 0) is 10.0 Å². The molecule has 0 fully saturated rings. The third-order valence-electron chi connectivity index (χ3n) is 2.16. The van der Waals surface area contributed by atoms with E-state index in [1.165, 1.54) is 6.07 Å². The van der Waals surface area contributed by atoms with Gasteiger partial charge in [-0.3, -0.25) is 0 Å². The Hall–Kier alpha value is -1.74. The minimum atomic E-state index is -4.17. The fraction of sp³-hybridized carbons (Fsp3) is 0.333. The van der Waals surface area contributed by atoms with E-state index in [1.54, 1.807) is 6.92 Å². The van der Waals surface area contributed by atoms with Gasteiger partial charge >= 0.3 is 0 Å². The Labute approximate surface area is 104 Å². The molecule has 0 aliphatic rings. The lowest BCUT2D eigenvalue weighted by Gasteiger charge is -2.15. The van der Waals surface area contributed by atoms with Crippen LogP contribution in [0.1, 0.15) is 13.3 Å². The normalized spacial score (nSPS) is 14.4. The van der Waals surface area contributed by atoms with Crippen LogP contribution < -0.4 is 10.5 Å². The van der Waals surface area contributed by atoms with Crippen LogP contribution in [0.2, 0.25) is 0 Å². The van der Waals surface area contributed by atoms with Gasteiger partial charge in [0.25, 0.3) is 10.0 Å². The van der Waals surface area contributed by atoms with Crippen molar-refractivity contribution in [3.63, 3.8) is 0 Å². The molecule has 1 aromatic rings. The van der Waals surface area contributed by atoms with Crippen LogP contribution in [-0.4, -0.2) is 30.5 Å². The van der Waals surface area contributed by atoms with Crippen molar-refractivity contribution in [2.45, 2.75) is 24.4 Å². The Morgan fingerprint density at radius 3 is 2.89 bits per heavy atom. The first kappa shape index (κ1) is 14.3. The molecule has 0 aliphatic carbocycles. The predicted molar refractivity (Wildman–Crippen MR) is 62.0 cm³/mol. The van der Waals surface area contributed by atoms with Gasteiger partial charge < -0.3 is 10.9 Å². The zero-order chi connectivity index (χ0) is 13.8. The van der Waals surface area contributed by atoms with Crippen LogP contribution in [0.25, 0.3) is 0 Å². The fourth-order valence-electron chi connectivity index (χ4n) is 1.23. The number of nitrogens with two attached hydrogens (primary N) is 1. The molecule has 0 amide bonds. The van der Waals surface area contributed by atoms with Gasteiger partial charge in [-0.1, -0.05) is 12.1 Å². The Morgan fingerprint density at radius 1 is 1.72 bits per heavy atom. The van der Waals surface area contributed by atoms with E-state index in [0.717, 1.165) is 12.3 Å². The summed E-state index contributed by atoms with van der Waals surface area (Å²) in [7, 11) is -4.17. The maximum Gasteiger partial charge on any atom is 0.261 e. The first-order valence-electron chi connectivity index (χ1n) is 5.02. The summed E-state index contributed by atoms with van der Waals surface area (Å²) in [5, 5.41) is 10.5.